The molecule has 5 heteroatoms. The summed E-state index contributed by atoms with van der Waals surface area (Å²) in [7, 11) is 1.82. The topological polar surface area (TPSA) is 36.4 Å². The second-order valence-corrected chi connectivity index (χ2v) is 7.91. The number of nitrogens with one attached hydrogen (secondary N) is 2. The Bertz CT molecular complexity index is 453. The molecule has 0 spiro atoms. The quantitative estimate of drug-likeness (QED) is 0.641. The van der Waals surface area contributed by atoms with Gasteiger partial charge in [-0.25, -0.2) is 0 Å². The van der Waals surface area contributed by atoms with Crippen LogP contribution in [-0.2, 0) is 6.54 Å². The molecule has 1 atom stereocenters. The minimum Gasteiger partial charge on any atom is -0.355 e. The number of hydrogen-bond donors (Lipinski definition) is 2. The average molecular weight is 356 g/mol. The highest BCUT2D eigenvalue weighted by Gasteiger charge is 2.29. The standard InChI is InChI=1S/C15H22BrN3S/c1-15(8-3-9-20-15)11-19-14(17-2)18-10-12-4-6-13(16)7-5-12/h4-7H,3,8-11H2,1-2H3,(H2,17,18,19). The lowest BCUT2D eigenvalue weighted by atomic mass is 10.1. The van der Waals surface area contributed by atoms with Gasteiger partial charge >= 0.3 is 0 Å². The van der Waals surface area contributed by atoms with Crippen molar-refractivity contribution in [2.24, 2.45) is 4.99 Å². The van der Waals surface area contributed by atoms with Gasteiger partial charge in [0, 0.05) is 29.4 Å². The van der Waals surface area contributed by atoms with E-state index in [0.29, 0.717) is 4.75 Å². The van der Waals surface area contributed by atoms with Gasteiger partial charge in [-0.2, -0.15) is 11.8 Å². The van der Waals surface area contributed by atoms with Gasteiger partial charge in [-0.1, -0.05) is 28.1 Å². The fraction of sp³-hybridized carbons (Fsp3) is 0.533. The third-order valence-corrected chi connectivity index (χ3v) is 5.59. The largest absolute Gasteiger partial charge is 0.355 e. The number of thioether (sulfide) groups is 1. The monoisotopic (exact) mass is 355 g/mol. The van der Waals surface area contributed by atoms with Gasteiger partial charge in [0.2, 0.25) is 0 Å². The van der Waals surface area contributed by atoms with Gasteiger partial charge in [-0.3, -0.25) is 4.99 Å². The SMILES string of the molecule is CN=C(NCc1ccc(Br)cc1)NCC1(C)CCCS1. The molecule has 2 N–H and O–H groups in total. The van der Waals surface area contributed by atoms with Crippen LogP contribution >= 0.6 is 27.7 Å². The van der Waals surface area contributed by atoms with Gasteiger partial charge in [0.1, 0.15) is 0 Å². The Morgan fingerprint density at radius 2 is 2.10 bits per heavy atom. The molecule has 2 rings (SSSR count). The van der Waals surface area contributed by atoms with Crippen LogP contribution in [0.1, 0.15) is 25.3 Å². The van der Waals surface area contributed by atoms with Crippen molar-refractivity contribution in [1.82, 2.24) is 10.6 Å². The van der Waals surface area contributed by atoms with Crippen LogP contribution in [0.5, 0.6) is 0 Å². The summed E-state index contributed by atoms with van der Waals surface area (Å²) in [5.74, 6) is 2.16. The summed E-state index contributed by atoms with van der Waals surface area (Å²) in [6.45, 7) is 4.09. The number of aliphatic imine (C=N–C) groups is 1. The maximum absolute atomic E-state index is 4.29. The van der Waals surface area contributed by atoms with Crippen LogP contribution in [0.2, 0.25) is 0 Å². The van der Waals surface area contributed by atoms with Crippen LogP contribution in [0, 0.1) is 0 Å². The maximum Gasteiger partial charge on any atom is 0.191 e. The summed E-state index contributed by atoms with van der Waals surface area (Å²) < 4.78 is 1.46. The summed E-state index contributed by atoms with van der Waals surface area (Å²) in [6.07, 6.45) is 2.61. The molecule has 1 aliphatic rings. The van der Waals surface area contributed by atoms with Gasteiger partial charge in [-0.15, -0.1) is 0 Å². The minimum atomic E-state index is 0.356. The summed E-state index contributed by atoms with van der Waals surface area (Å²) in [4.78, 5) is 4.29. The van der Waals surface area contributed by atoms with E-state index in [1.807, 2.05) is 7.05 Å². The number of nitrogens with zero attached hydrogens (tertiary/aromatic N) is 1. The molecule has 1 aliphatic heterocycles. The molecule has 0 aromatic heterocycles. The Hall–Kier alpha value is -0.680. The molecule has 0 amide bonds. The molecule has 0 bridgehead atoms. The summed E-state index contributed by atoms with van der Waals surface area (Å²) >= 11 is 5.51. The maximum atomic E-state index is 4.29. The average Bonchev–Trinajstić information content (AvgIpc) is 2.88. The van der Waals surface area contributed by atoms with E-state index in [4.69, 9.17) is 0 Å². The van der Waals surface area contributed by atoms with Gasteiger partial charge in [0.25, 0.3) is 0 Å². The van der Waals surface area contributed by atoms with Crippen molar-refractivity contribution < 1.29 is 0 Å². The Balaban J connectivity index is 1.79. The lowest BCUT2D eigenvalue weighted by Crippen LogP contribution is -2.43. The Kier molecular flexibility index (Phi) is 5.78. The van der Waals surface area contributed by atoms with Crippen LogP contribution in [0.4, 0.5) is 0 Å². The zero-order valence-corrected chi connectivity index (χ0v) is 14.5. The number of hydrogen-bond acceptors (Lipinski definition) is 2. The van der Waals surface area contributed by atoms with Crippen molar-refractivity contribution >= 4 is 33.7 Å². The van der Waals surface area contributed by atoms with E-state index in [-0.39, 0.29) is 0 Å². The molecule has 1 saturated heterocycles. The molecule has 1 fully saturated rings. The van der Waals surface area contributed by atoms with E-state index in [1.54, 1.807) is 0 Å². The highest BCUT2D eigenvalue weighted by Crippen LogP contribution is 2.36. The highest BCUT2D eigenvalue weighted by molar-refractivity contribution is 9.10. The molecular formula is C15H22BrN3S. The van der Waals surface area contributed by atoms with E-state index in [9.17, 15) is 0 Å². The summed E-state index contributed by atoms with van der Waals surface area (Å²) in [6, 6.07) is 8.34. The normalized spacial score (nSPS) is 22.9. The molecule has 110 valence electrons. The number of guanidine groups is 1. The molecule has 1 aromatic rings. The fourth-order valence-corrected chi connectivity index (χ4v) is 3.76. The van der Waals surface area contributed by atoms with Crippen LogP contribution in [0.25, 0.3) is 0 Å². The molecule has 1 aromatic carbocycles. The van der Waals surface area contributed by atoms with Crippen molar-refractivity contribution in [3.63, 3.8) is 0 Å². The van der Waals surface area contributed by atoms with Crippen LogP contribution in [0.15, 0.2) is 33.7 Å². The van der Waals surface area contributed by atoms with Crippen LogP contribution in [0.3, 0.4) is 0 Å². The third-order valence-electron chi connectivity index (χ3n) is 3.53. The van der Waals surface area contributed by atoms with Crippen molar-refractivity contribution in [2.45, 2.75) is 31.1 Å². The van der Waals surface area contributed by atoms with E-state index < -0.39 is 0 Å². The van der Waals surface area contributed by atoms with Gasteiger partial charge < -0.3 is 10.6 Å². The van der Waals surface area contributed by atoms with E-state index in [2.05, 4.69) is 74.5 Å². The van der Waals surface area contributed by atoms with Gasteiger partial charge in [-0.05, 0) is 43.2 Å². The molecule has 1 heterocycles. The number of benzene rings is 1. The lowest BCUT2D eigenvalue weighted by Gasteiger charge is -2.24. The first-order valence-electron chi connectivity index (χ1n) is 6.94. The molecule has 20 heavy (non-hydrogen) atoms. The zero-order chi connectivity index (χ0) is 14.4. The third kappa shape index (κ3) is 4.70. The highest BCUT2D eigenvalue weighted by atomic mass is 79.9. The van der Waals surface area contributed by atoms with Crippen LogP contribution < -0.4 is 10.6 Å². The molecule has 3 nitrogen and oxygen atoms in total. The van der Waals surface area contributed by atoms with Gasteiger partial charge in [0.05, 0.1) is 0 Å². The smallest absolute Gasteiger partial charge is 0.191 e. The summed E-state index contributed by atoms with van der Waals surface area (Å²) in [5, 5.41) is 6.80. The Morgan fingerprint density at radius 1 is 1.35 bits per heavy atom. The fourth-order valence-electron chi connectivity index (χ4n) is 2.26. The van der Waals surface area contributed by atoms with E-state index in [0.717, 1.165) is 23.5 Å². The minimum absolute atomic E-state index is 0.356. The van der Waals surface area contributed by atoms with Crippen molar-refractivity contribution in [3.05, 3.63) is 34.3 Å². The number of halogens is 1. The van der Waals surface area contributed by atoms with Gasteiger partial charge in [0.15, 0.2) is 5.96 Å². The summed E-state index contributed by atoms with van der Waals surface area (Å²) in [5.41, 5.74) is 1.25. The van der Waals surface area contributed by atoms with Crippen LogP contribution in [-0.4, -0.2) is 30.1 Å². The molecule has 1 unspecified atom stereocenters. The molecule has 0 saturated carbocycles. The van der Waals surface area contributed by atoms with Crippen molar-refractivity contribution in [3.8, 4) is 0 Å². The first kappa shape index (κ1) is 15.7. The molecular weight excluding hydrogens is 334 g/mol. The first-order chi connectivity index (χ1) is 9.61. The first-order valence-corrected chi connectivity index (χ1v) is 8.72. The van der Waals surface area contributed by atoms with E-state index in [1.165, 1.54) is 24.2 Å². The van der Waals surface area contributed by atoms with Crippen molar-refractivity contribution in [2.75, 3.05) is 19.3 Å². The predicted molar refractivity (Wildman–Crippen MR) is 92.4 cm³/mol. The second-order valence-electron chi connectivity index (χ2n) is 5.31. The predicted octanol–water partition coefficient (Wildman–Crippen LogP) is 3.40. The number of rotatable bonds is 4. The molecule has 0 aliphatic carbocycles. The second kappa shape index (κ2) is 7.36. The lowest BCUT2D eigenvalue weighted by molar-refractivity contribution is 0.584. The Morgan fingerprint density at radius 3 is 2.70 bits per heavy atom. The van der Waals surface area contributed by atoms with E-state index >= 15 is 0 Å². The van der Waals surface area contributed by atoms with Crippen molar-refractivity contribution in [1.29, 1.82) is 0 Å². The zero-order valence-electron chi connectivity index (χ0n) is 12.1. The Labute approximate surface area is 134 Å². The molecule has 0 radical (unpaired) electrons.